The molecule has 0 radical (unpaired) electrons. The third-order valence-electron chi connectivity index (χ3n) is 3.37. The molecule has 0 aliphatic carbocycles. The summed E-state index contributed by atoms with van der Waals surface area (Å²) in [6.45, 7) is 2.67. The van der Waals surface area contributed by atoms with E-state index in [-0.39, 0.29) is 21.9 Å². The SMILES string of the molecule is CC(=O)NC1=NC(=O)C(=Cc2cn(C(C)=O)nc2-c2ccc(F)cc2)S1. The number of carbonyl (C=O) groups excluding carboxylic acids is 3. The molecule has 0 saturated heterocycles. The Kier molecular flexibility index (Phi) is 4.81. The molecule has 7 nitrogen and oxygen atoms in total. The highest BCUT2D eigenvalue weighted by atomic mass is 32.2. The lowest BCUT2D eigenvalue weighted by Gasteiger charge is -2.00. The molecule has 0 unspecified atom stereocenters. The monoisotopic (exact) mass is 372 g/mol. The van der Waals surface area contributed by atoms with E-state index in [2.05, 4.69) is 15.4 Å². The van der Waals surface area contributed by atoms with Gasteiger partial charge >= 0.3 is 0 Å². The molecule has 3 rings (SSSR count). The number of carbonyl (C=O) groups is 3. The number of rotatable bonds is 2. The van der Waals surface area contributed by atoms with Gasteiger partial charge in [-0.1, -0.05) is 0 Å². The van der Waals surface area contributed by atoms with Crippen molar-refractivity contribution >= 4 is 40.7 Å². The average molecular weight is 372 g/mol. The Hall–Kier alpha value is -3.07. The van der Waals surface area contributed by atoms with E-state index < -0.39 is 11.7 Å². The summed E-state index contributed by atoms with van der Waals surface area (Å²) >= 11 is 1.01. The van der Waals surface area contributed by atoms with E-state index in [9.17, 15) is 18.8 Å². The summed E-state index contributed by atoms with van der Waals surface area (Å²) in [5, 5.41) is 6.87. The van der Waals surface area contributed by atoms with Gasteiger partial charge in [-0.15, -0.1) is 0 Å². The minimum Gasteiger partial charge on any atom is -0.305 e. The lowest BCUT2D eigenvalue weighted by molar-refractivity contribution is -0.117. The molecular weight excluding hydrogens is 359 g/mol. The average Bonchev–Trinajstić information content (AvgIpc) is 3.12. The fourth-order valence-corrected chi connectivity index (χ4v) is 3.09. The van der Waals surface area contributed by atoms with Gasteiger partial charge in [-0.3, -0.25) is 14.4 Å². The van der Waals surface area contributed by atoms with Crippen molar-refractivity contribution in [2.24, 2.45) is 4.99 Å². The summed E-state index contributed by atoms with van der Waals surface area (Å²) in [7, 11) is 0. The predicted octanol–water partition coefficient (Wildman–Crippen LogP) is 2.46. The molecular formula is C17H13FN4O3S. The van der Waals surface area contributed by atoms with Gasteiger partial charge in [-0.2, -0.15) is 10.1 Å². The Morgan fingerprint density at radius 3 is 2.54 bits per heavy atom. The van der Waals surface area contributed by atoms with E-state index in [0.29, 0.717) is 16.8 Å². The third kappa shape index (κ3) is 3.77. The van der Waals surface area contributed by atoms with Gasteiger partial charge in [0, 0.05) is 31.2 Å². The van der Waals surface area contributed by atoms with Gasteiger partial charge in [0.1, 0.15) is 11.5 Å². The molecule has 1 N–H and O–H groups in total. The Labute approximate surface area is 152 Å². The smallest absolute Gasteiger partial charge is 0.286 e. The summed E-state index contributed by atoms with van der Waals surface area (Å²) in [5.74, 6) is -1.53. The van der Waals surface area contributed by atoms with Gasteiger partial charge in [0.15, 0.2) is 5.17 Å². The van der Waals surface area contributed by atoms with Crippen LogP contribution < -0.4 is 5.32 Å². The summed E-state index contributed by atoms with van der Waals surface area (Å²) in [6, 6.07) is 5.64. The molecule has 0 atom stereocenters. The van der Waals surface area contributed by atoms with Crippen LogP contribution in [0.3, 0.4) is 0 Å². The number of benzene rings is 1. The second-order valence-corrected chi connectivity index (χ2v) is 6.45. The number of nitrogens with zero attached hydrogens (tertiary/aromatic N) is 3. The van der Waals surface area contributed by atoms with E-state index in [1.807, 2.05) is 0 Å². The summed E-state index contributed by atoms with van der Waals surface area (Å²) in [5.41, 5.74) is 1.52. The van der Waals surface area contributed by atoms with Gasteiger partial charge < -0.3 is 5.32 Å². The largest absolute Gasteiger partial charge is 0.305 e. The van der Waals surface area contributed by atoms with Gasteiger partial charge in [0.25, 0.3) is 5.91 Å². The lowest BCUT2D eigenvalue weighted by Crippen LogP contribution is -2.23. The van der Waals surface area contributed by atoms with Crippen molar-refractivity contribution in [2.75, 3.05) is 0 Å². The Balaban J connectivity index is 2.00. The van der Waals surface area contributed by atoms with Crippen LogP contribution in [0.4, 0.5) is 4.39 Å². The van der Waals surface area contributed by atoms with Crippen LogP contribution in [0.5, 0.6) is 0 Å². The standard InChI is InChI=1S/C17H13FN4O3S/c1-9(23)19-17-20-16(25)14(26-17)7-12-8-22(10(2)24)21-15(12)11-3-5-13(18)6-4-11/h3-8H,1-2H3,(H,19,20,23,25). The highest BCUT2D eigenvalue weighted by Crippen LogP contribution is 2.31. The normalized spacial score (nSPS) is 15.3. The van der Waals surface area contributed by atoms with Crippen LogP contribution >= 0.6 is 11.8 Å². The zero-order valence-electron chi connectivity index (χ0n) is 13.8. The summed E-state index contributed by atoms with van der Waals surface area (Å²) < 4.78 is 14.3. The van der Waals surface area contributed by atoms with Crippen LogP contribution in [0.15, 0.2) is 40.4 Å². The maximum Gasteiger partial charge on any atom is 0.286 e. The number of aliphatic imine (C=N–C) groups is 1. The molecule has 0 fully saturated rings. The molecule has 1 aromatic heterocycles. The number of nitrogens with one attached hydrogen (secondary N) is 1. The fourth-order valence-electron chi connectivity index (χ4n) is 2.24. The van der Waals surface area contributed by atoms with Crippen LogP contribution in [0.1, 0.15) is 24.2 Å². The molecule has 2 aromatic rings. The number of thioether (sulfide) groups is 1. The minimum atomic E-state index is -0.501. The first-order valence-electron chi connectivity index (χ1n) is 7.50. The van der Waals surface area contributed by atoms with E-state index in [1.165, 1.54) is 50.4 Å². The summed E-state index contributed by atoms with van der Waals surface area (Å²) in [4.78, 5) is 38.8. The van der Waals surface area contributed by atoms with Crippen molar-refractivity contribution in [1.82, 2.24) is 15.1 Å². The van der Waals surface area contributed by atoms with Crippen LogP contribution in [0.2, 0.25) is 0 Å². The zero-order chi connectivity index (χ0) is 18.8. The van der Waals surface area contributed by atoms with Crippen LogP contribution in [0.25, 0.3) is 17.3 Å². The van der Waals surface area contributed by atoms with Gasteiger partial charge in [-0.25, -0.2) is 9.07 Å². The molecule has 26 heavy (non-hydrogen) atoms. The number of hydrogen-bond acceptors (Lipinski definition) is 5. The van der Waals surface area contributed by atoms with Gasteiger partial charge in [-0.05, 0) is 42.1 Å². The molecule has 1 aliphatic heterocycles. The molecule has 0 spiro atoms. The number of aromatic nitrogens is 2. The Bertz CT molecular complexity index is 976. The van der Waals surface area contributed by atoms with Crippen molar-refractivity contribution in [1.29, 1.82) is 0 Å². The quantitative estimate of drug-likeness (QED) is 0.818. The molecule has 1 aromatic carbocycles. The lowest BCUT2D eigenvalue weighted by atomic mass is 10.1. The van der Waals surface area contributed by atoms with Gasteiger partial charge in [0.2, 0.25) is 11.8 Å². The van der Waals surface area contributed by atoms with Gasteiger partial charge in [0.05, 0.1) is 4.91 Å². The first-order chi connectivity index (χ1) is 12.3. The third-order valence-corrected chi connectivity index (χ3v) is 4.27. The Morgan fingerprint density at radius 1 is 1.23 bits per heavy atom. The van der Waals surface area contributed by atoms with E-state index in [0.717, 1.165) is 16.4 Å². The molecule has 0 bridgehead atoms. The van der Waals surface area contributed by atoms with Crippen molar-refractivity contribution in [3.05, 3.63) is 46.7 Å². The van der Waals surface area contributed by atoms with Crippen LogP contribution in [-0.2, 0) is 9.59 Å². The zero-order valence-corrected chi connectivity index (χ0v) is 14.6. The van der Waals surface area contributed by atoms with Crippen LogP contribution in [0, 0.1) is 5.82 Å². The van der Waals surface area contributed by atoms with Crippen molar-refractivity contribution in [3.8, 4) is 11.3 Å². The number of hydrogen-bond donors (Lipinski definition) is 1. The number of amidine groups is 1. The molecule has 1 aliphatic rings. The van der Waals surface area contributed by atoms with E-state index in [4.69, 9.17) is 0 Å². The highest BCUT2D eigenvalue weighted by Gasteiger charge is 2.24. The van der Waals surface area contributed by atoms with Crippen molar-refractivity contribution < 1.29 is 18.8 Å². The molecule has 9 heteroatoms. The maximum absolute atomic E-state index is 13.2. The highest BCUT2D eigenvalue weighted by molar-refractivity contribution is 8.18. The topological polar surface area (TPSA) is 93.4 Å². The second kappa shape index (κ2) is 7.04. The maximum atomic E-state index is 13.2. The number of amides is 2. The first kappa shape index (κ1) is 17.7. The van der Waals surface area contributed by atoms with E-state index in [1.54, 1.807) is 0 Å². The number of halogens is 1. The summed E-state index contributed by atoms with van der Waals surface area (Å²) in [6.07, 6.45) is 3.02. The Morgan fingerprint density at radius 2 is 1.92 bits per heavy atom. The molecule has 2 amide bonds. The van der Waals surface area contributed by atoms with Crippen LogP contribution in [-0.4, -0.2) is 32.7 Å². The predicted molar refractivity (Wildman–Crippen MR) is 95.7 cm³/mol. The molecule has 132 valence electrons. The van der Waals surface area contributed by atoms with E-state index >= 15 is 0 Å². The van der Waals surface area contributed by atoms with Crippen molar-refractivity contribution in [3.63, 3.8) is 0 Å². The van der Waals surface area contributed by atoms with Crippen molar-refractivity contribution in [2.45, 2.75) is 13.8 Å². The molecule has 0 saturated carbocycles. The second-order valence-electron chi connectivity index (χ2n) is 5.42. The fraction of sp³-hybridized carbons (Fsp3) is 0.118. The molecule has 2 heterocycles. The first-order valence-corrected chi connectivity index (χ1v) is 8.32. The minimum absolute atomic E-state index is 0.191.